The highest BCUT2D eigenvalue weighted by Crippen LogP contribution is 2.34. The number of rotatable bonds is 9. The van der Waals surface area contributed by atoms with E-state index >= 15 is 0 Å². The molecular weight excluding hydrogens is 462 g/mol. The minimum atomic E-state index is -0.273. The third-order valence-corrected chi connectivity index (χ3v) is 5.68. The Labute approximate surface area is 209 Å². The fourth-order valence-corrected chi connectivity index (χ4v) is 3.96. The Kier molecular flexibility index (Phi) is 7.90. The molecule has 0 saturated carbocycles. The Balaban J connectivity index is 1.46. The summed E-state index contributed by atoms with van der Waals surface area (Å²) in [5.74, 6) is 0.0839. The highest BCUT2D eigenvalue weighted by atomic mass is 35.5. The number of hydrogen-bond acceptors (Lipinski definition) is 4. The number of aromatic nitrogens is 3. The summed E-state index contributed by atoms with van der Waals surface area (Å²) in [7, 11) is 0. The van der Waals surface area contributed by atoms with Gasteiger partial charge in [-0.15, -0.1) is 0 Å². The van der Waals surface area contributed by atoms with E-state index in [2.05, 4.69) is 20.7 Å². The summed E-state index contributed by atoms with van der Waals surface area (Å²) in [6.07, 6.45) is 2.49. The van der Waals surface area contributed by atoms with Gasteiger partial charge < -0.3 is 10.6 Å². The molecule has 2 N–H and O–H groups in total. The van der Waals surface area contributed by atoms with E-state index in [1.807, 2.05) is 67.6 Å². The number of carbonyl (C=O) groups is 2. The van der Waals surface area contributed by atoms with Gasteiger partial charge in [-0.25, -0.2) is 4.68 Å². The molecule has 2 aromatic carbocycles. The van der Waals surface area contributed by atoms with Gasteiger partial charge in [0, 0.05) is 48.3 Å². The van der Waals surface area contributed by atoms with Crippen LogP contribution in [0.25, 0.3) is 16.8 Å². The Morgan fingerprint density at radius 2 is 1.71 bits per heavy atom. The van der Waals surface area contributed by atoms with Gasteiger partial charge in [0.1, 0.15) is 5.82 Å². The number of pyridine rings is 1. The number of halogens is 1. The number of hydrogen-bond donors (Lipinski definition) is 2. The van der Waals surface area contributed by atoms with Gasteiger partial charge in [0.2, 0.25) is 11.8 Å². The molecule has 4 aromatic rings. The first-order chi connectivity index (χ1) is 17.0. The number of anilines is 1. The fourth-order valence-electron chi connectivity index (χ4n) is 3.77. The van der Waals surface area contributed by atoms with Crippen molar-refractivity contribution in [3.05, 3.63) is 95.4 Å². The van der Waals surface area contributed by atoms with Gasteiger partial charge >= 0.3 is 0 Å². The topological polar surface area (TPSA) is 88.9 Å². The Bertz CT molecular complexity index is 1310. The van der Waals surface area contributed by atoms with Gasteiger partial charge in [0.25, 0.3) is 0 Å². The second-order valence-corrected chi connectivity index (χ2v) is 8.47. The molecule has 0 spiro atoms. The van der Waals surface area contributed by atoms with Crippen molar-refractivity contribution in [3.63, 3.8) is 0 Å². The van der Waals surface area contributed by atoms with E-state index in [1.165, 1.54) is 0 Å². The van der Waals surface area contributed by atoms with Crippen molar-refractivity contribution in [2.45, 2.75) is 26.2 Å². The number of amides is 2. The molecule has 0 aliphatic carbocycles. The summed E-state index contributed by atoms with van der Waals surface area (Å²) in [6.45, 7) is 2.37. The van der Waals surface area contributed by atoms with Gasteiger partial charge in [0.05, 0.1) is 11.4 Å². The van der Waals surface area contributed by atoms with E-state index in [1.54, 1.807) is 23.0 Å². The van der Waals surface area contributed by atoms with E-state index in [9.17, 15) is 9.59 Å². The molecule has 4 rings (SSSR count). The van der Waals surface area contributed by atoms with Crippen LogP contribution < -0.4 is 10.6 Å². The van der Waals surface area contributed by atoms with E-state index in [-0.39, 0.29) is 24.7 Å². The highest BCUT2D eigenvalue weighted by molar-refractivity contribution is 6.30. The molecule has 2 heterocycles. The second kappa shape index (κ2) is 11.4. The van der Waals surface area contributed by atoms with E-state index in [0.717, 1.165) is 28.2 Å². The monoisotopic (exact) mass is 487 g/mol. The van der Waals surface area contributed by atoms with Crippen LogP contribution in [-0.4, -0.2) is 33.1 Å². The average Bonchev–Trinajstić information content (AvgIpc) is 3.19. The number of nitrogens with zero attached hydrogens (tertiary/aromatic N) is 3. The summed E-state index contributed by atoms with van der Waals surface area (Å²) >= 11 is 6.20. The van der Waals surface area contributed by atoms with Crippen molar-refractivity contribution >= 4 is 29.2 Å². The first-order valence-electron chi connectivity index (χ1n) is 11.4. The lowest BCUT2D eigenvalue weighted by atomic mass is 10.1. The van der Waals surface area contributed by atoms with E-state index < -0.39 is 0 Å². The zero-order valence-electron chi connectivity index (χ0n) is 19.4. The Morgan fingerprint density at radius 1 is 0.943 bits per heavy atom. The highest BCUT2D eigenvalue weighted by Gasteiger charge is 2.20. The van der Waals surface area contributed by atoms with Crippen molar-refractivity contribution in [1.82, 2.24) is 20.1 Å². The molecular formula is C27H26ClN5O2. The molecule has 0 saturated heterocycles. The largest absolute Gasteiger partial charge is 0.356 e. The maximum absolute atomic E-state index is 12.9. The molecule has 35 heavy (non-hydrogen) atoms. The van der Waals surface area contributed by atoms with Crippen LogP contribution in [0.4, 0.5) is 5.82 Å². The Hall–Kier alpha value is -3.97. The molecule has 7 nitrogen and oxygen atoms in total. The molecule has 2 aromatic heterocycles. The number of carbonyl (C=O) groups excluding carboxylic acids is 2. The molecule has 8 heteroatoms. The van der Waals surface area contributed by atoms with Crippen molar-refractivity contribution in [1.29, 1.82) is 0 Å². The van der Waals surface area contributed by atoms with Crippen molar-refractivity contribution in [2.24, 2.45) is 0 Å². The molecule has 0 fully saturated rings. The third-order valence-electron chi connectivity index (χ3n) is 5.44. The van der Waals surface area contributed by atoms with Gasteiger partial charge in [-0.2, -0.15) is 5.10 Å². The van der Waals surface area contributed by atoms with E-state index in [0.29, 0.717) is 23.8 Å². The lowest BCUT2D eigenvalue weighted by Crippen LogP contribution is -2.27. The number of benzene rings is 2. The lowest BCUT2D eigenvalue weighted by molar-refractivity contribution is -0.124. The summed E-state index contributed by atoms with van der Waals surface area (Å²) in [5, 5.41) is 11.1. The molecule has 178 valence electrons. The zero-order valence-corrected chi connectivity index (χ0v) is 20.1. The van der Waals surface area contributed by atoms with Gasteiger partial charge in [-0.1, -0.05) is 54.1 Å². The molecule has 0 atom stereocenters. The lowest BCUT2D eigenvalue weighted by Gasteiger charge is -2.12. The summed E-state index contributed by atoms with van der Waals surface area (Å²) in [4.78, 5) is 29.4. The SMILES string of the molecule is Cc1nn(-c2cccc(Cl)c2)c(NC(=O)CCC(=O)NCCc2ccccn2)c1-c1ccccc1. The minimum Gasteiger partial charge on any atom is -0.356 e. The predicted octanol–water partition coefficient (Wildman–Crippen LogP) is 4.97. The van der Waals surface area contributed by atoms with Crippen LogP contribution in [0.15, 0.2) is 79.0 Å². The van der Waals surface area contributed by atoms with Gasteiger partial charge in [0.15, 0.2) is 0 Å². The maximum atomic E-state index is 12.9. The minimum absolute atomic E-state index is 0.0451. The average molecular weight is 488 g/mol. The third kappa shape index (κ3) is 6.33. The first-order valence-corrected chi connectivity index (χ1v) is 11.8. The fraction of sp³-hybridized carbons (Fsp3) is 0.185. The van der Waals surface area contributed by atoms with Crippen molar-refractivity contribution in [2.75, 3.05) is 11.9 Å². The van der Waals surface area contributed by atoms with E-state index in [4.69, 9.17) is 11.6 Å². The quantitative estimate of drug-likeness (QED) is 0.348. The molecule has 0 aliphatic rings. The molecule has 2 amide bonds. The predicted molar refractivity (Wildman–Crippen MR) is 138 cm³/mol. The molecule has 0 unspecified atom stereocenters. The van der Waals surface area contributed by atoms with Crippen LogP contribution in [0.1, 0.15) is 24.2 Å². The van der Waals surface area contributed by atoms with Gasteiger partial charge in [-0.3, -0.25) is 14.6 Å². The molecule has 0 bridgehead atoms. The molecule has 0 aliphatic heterocycles. The number of aryl methyl sites for hydroxylation is 1. The van der Waals surface area contributed by atoms with Crippen LogP contribution in [0.5, 0.6) is 0 Å². The Morgan fingerprint density at radius 3 is 2.46 bits per heavy atom. The van der Waals surface area contributed by atoms with Crippen LogP contribution in [0, 0.1) is 6.92 Å². The van der Waals surface area contributed by atoms with Crippen molar-refractivity contribution in [3.8, 4) is 16.8 Å². The van der Waals surface area contributed by atoms with Crippen LogP contribution in [0.3, 0.4) is 0 Å². The van der Waals surface area contributed by atoms with Crippen LogP contribution in [0.2, 0.25) is 5.02 Å². The smallest absolute Gasteiger partial charge is 0.226 e. The van der Waals surface area contributed by atoms with Crippen LogP contribution >= 0.6 is 11.6 Å². The summed E-state index contributed by atoms with van der Waals surface area (Å²) in [5.41, 5.74) is 4.15. The van der Waals surface area contributed by atoms with Crippen LogP contribution in [-0.2, 0) is 16.0 Å². The standard InChI is InChI=1S/C27H26ClN5O2/c1-19-26(20-8-3-2-4-9-20)27(33(32-19)23-12-7-10-21(28)18-23)31-25(35)14-13-24(34)30-17-15-22-11-5-6-16-29-22/h2-12,16,18H,13-15,17H2,1H3,(H,30,34)(H,31,35). The summed E-state index contributed by atoms with van der Waals surface area (Å²) < 4.78 is 1.67. The zero-order chi connectivity index (χ0) is 24.6. The molecule has 0 radical (unpaired) electrons. The number of nitrogens with one attached hydrogen (secondary N) is 2. The van der Waals surface area contributed by atoms with Gasteiger partial charge in [-0.05, 0) is 42.8 Å². The van der Waals surface area contributed by atoms with Crippen molar-refractivity contribution < 1.29 is 9.59 Å². The normalized spacial score (nSPS) is 10.7. The summed E-state index contributed by atoms with van der Waals surface area (Å²) in [6, 6.07) is 22.7. The second-order valence-electron chi connectivity index (χ2n) is 8.04. The maximum Gasteiger partial charge on any atom is 0.226 e. The first kappa shape index (κ1) is 24.2.